The summed E-state index contributed by atoms with van der Waals surface area (Å²) in [5.74, 6) is -7.39. The smallest absolute Gasteiger partial charge is 0.418 e. The van der Waals surface area contributed by atoms with Gasteiger partial charge >= 0.3 is 49.0 Å². The minimum atomic E-state index is -4.79. The quantitative estimate of drug-likeness (QED) is 0.0594. The predicted octanol–water partition coefficient (Wildman–Crippen LogP) is 14.6. The number of H-pyrrole nitrogens is 1. The molecule has 3 atom stereocenters. The van der Waals surface area contributed by atoms with Gasteiger partial charge in [0.15, 0.2) is 0 Å². The number of aliphatic carboxylic acids is 2. The highest BCUT2D eigenvalue weighted by Crippen LogP contribution is 2.41. The van der Waals surface area contributed by atoms with Crippen molar-refractivity contribution in [1.82, 2.24) is 38.5 Å². The number of carboxylic acids is 2. The van der Waals surface area contributed by atoms with Crippen LogP contribution in [0.15, 0.2) is 140 Å². The van der Waals surface area contributed by atoms with E-state index < -0.39 is 172 Å². The van der Waals surface area contributed by atoms with Crippen LogP contribution in [0.5, 0.6) is 0 Å². The van der Waals surface area contributed by atoms with E-state index >= 15 is 8.78 Å². The summed E-state index contributed by atoms with van der Waals surface area (Å²) in [6, 6.07) is 9.68. The van der Waals surface area contributed by atoms with E-state index in [1.54, 1.807) is 40.8 Å². The average molecular weight is 1820 g/mol. The number of hydrogen-bond donors (Lipinski definition) is 5. The zero-order valence-electron chi connectivity index (χ0n) is 64.0. The maximum Gasteiger partial charge on any atom is 0.418 e. The fraction of sp³-hybridized carbons (Fsp3) is 0.316. The van der Waals surface area contributed by atoms with Gasteiger partial charge in [0.2, 0.25) is 5.56 Å². The number of pyridine rings is 7. The van der Waals surface area contributed by atoms with Crippen molar-refractivity contribution in [2.75, 3.05) is 31.8 Å². The normalized spacial score (nSPS) is 13.8. The molecule has 8 heterocycles. The fourth-order valence-corrected chi connectivity index (χ4v) is 12.8. The number of fused-ring (bicyclic) bond motifs is 2. The number of anilines is 1. The Labute approximate surface area is 672 Å². The van der Waals surface area contributed by atoms with Crippen molar-refractivity contribution in [2.24, 2.45) is 33.9 Å². The highest BCUT2D eigenvalue weighted by molar-refractivity contribution is 14.1. The lowest BCUT2D eigenvalue weighted by Crippen LogP contribution is -2.53. The Hall–Kier alpha value is -11.4. The van der Waals surface area contributed by atoms with E-state index in [1.807, 2.05) is 10.3 Å². The van der Waals surface area contributed by atoms with Gasteiger partial charge in [-0.3, -0.25) is 47.9 Å². The van der Waals surface area contributed by atoms with Crippen LogP contribution in [0.2, 0.25) is 0 Å². The van der Waals surface area contributed by atoms with Crippen LogP contribution >= 0.6 is 22.6 Å². The molecule has 0 aliphatic carbocycles. The molecule has 21 nitrogen and oxygen atoms in total. The van der Waals surface area contributed by atoms with Crippen molar-refractivity contribution < 1.29 is 123 Å². The SMILES string of the molecule is Cc1c(C(F)(F)F)cn(C)c(=O)c1-c1ccc(C[C@H](N)C(=O)O)c2cccnc12.Cc1c(C(F)(F)F)cn(C)c(=O)c1-c1ccc(C[C@H](NC(=O)c2c(F)cc(N3CCOC[C@@H]3C(F)(F)F)cc2F)C(=O)O)c2cccnc12.Cc1c(C(F)(F)F)cn(C)c(=O)c1I.Cc1cc(=O)[nH]cc1C(F)(F)F.Cc1cc(=O)n(C)cc1C(F)(F)F.[2H]CF. The molecule has 0 radical (unpaired) electrons. The molecule has 1 fully saturated rings. The lowest BCUT2D eigenvalue weighted by Gasteiger charge is -2.38. The zero-order chi connectivity index (χ0) is 90.9. The molecule has 0 spiro atoms. The second-order valence-corrected chi connectivity index (χ2v) is 27.3. The second-order valence-electron chi connectivity index (χ2n) is 26.2. The van der Waals surface area contributed by atoms with Crippen LogP contribution < -0.4 is 43.7 Å². The number of hydrogen-bond acceptors (Lipinski definition) is 13. The maximum atomic E-state index is 15.1. The molecule has 7 aromatic heterocycles. The Bertz CT molecular complexity index is 5780. The number of amides is 1. The number of alkyl halides is 19. The van der Waals surface area contributed by atoms with Crippen LogP contribution in [0.25, 0.3) is 44.1 Å². The Morgan fingerprint density at radius 2 is 1.00 bits per heavy atom. The van der Waals surface area contributed by atoms with Gasteiger partial charge in [-0.25, -0.2) is 13.6 Å². The minimum Gasteiger partial charge on any atom is -0.480 e. The number of benzene rings is 3. The van der Waals surface area contributed by atoms with Crippen molar-refractivity contribution in [3.05, 3.63) is 255 Å². The number of ether oxygens (including phenoxy) is 1. The first kappa shape index (κ1) is 94.8. The van der Waals surface area contributed by atoms with Gasteiger partial charge in [-0.2, -0.15) is 79.0 Å². The number of carbonyl (C=O) groups excluding carboxylic acids is 1. The van der Waals surface area contributed by atoms with E-state index in [9.17, 15) is 127 Å². The van der Waals surface area contributed by atoms with Crippen LogP contribution in [0.1, 0.15) is 78.5 Å². The monoisotopic (exact) mass is 1820 g/mol. The second kappa shape index (κ2) is 38.1. The number of nitrogens with two attached hydrogens (primary N) is 1. The van der Waals surface area contributed by atoms with Gasteiger partial charge in [-0.1, -0.05) is 36.4 Å². The van der Waals surface area contributed by atoms with Gasteiger partial charge in [0, 0.05) is 124 Å². The first-order valence-corrected chi connectivity index (χ1v) is 34.9. The fourth-order valence-electron chi connectivity index (χ4n) is 12.1. The maximum absolute atomic E-state index is 15.1. The molecular formula is C76H68F21IN10O11. The highest BCUT2D eigenvalue weighted by Gasteiger charge is 2.46. The highest BCUT2D eigenvalue weighted by atomic mass is 127. The topological polar surface area (TPSA) is 289 Å². The van der Waals surface area contributed by atoms with E-state index in [4.69, 9.17) is 16.9 Å². The van der Waals surface area contributed by atoms with E-state index in [2.05, 4.69) is 9.97 Å². The lowest BCUT2D eigenvalue weighted by atomic mass is 9.92. The summed E-state index contributed by atoms with van der Waals surface area (Å²) in [6.45, 7) is 4.92. The van der Waals surface area contributed by atoms with Crippen LogP contribution in [-0.2, 0) is 86.2 Å². The predicted molar refractivity (Wildman–Crippen MR) is 400 cm³/mol. The van der Waals surface area contributed by atoms with E-state index in [0.717, 1.165) is 63.0 Å². The van der Waals surface area contributed by atoms with Crippen molar-refractivity contribution in [3.63, 3.8) is 0 Å². The molecule has 1 amide bonds. The van der Waals surface area contributed by atoms with Gasteiger partial charge in [-0.15, -0.1) is 0 Å². The summed E-state index contributed by atoms with van der Waals surface area (Å²) in [7, 11) is 4.01. The molecule has 0 bridgehead atoms. The van der Waals surface area contributed by atoms with Crippen LogP contribution in [0.3, 0.4) is 0 Å². The van der Waals surface area contributed by atoms with Gasteiger partial charge in [0.25, 0.3) is 28.1 Å². The Balaban J connectivity index is 0.000000262. The molecule has 0 unspecified atom stereocenters. The van der Waals surface area contributed by atoms with Crippen molar-refractivity contribution in [1.29, 1.82) is 0 Å². The van der Waals surface area contributed by atoms with Crippen molar-refractivity contribution in [3.8, 4) is 22.3 Å². The number of nitrogens with one attached hydrogen (secondary N) is 2. The Morgan fingerprint density at radius 1 is 0.588 bits per heavy atom. The van der Waals surface area contributed by atoms with Gasteiger partial charge in [-0.05, 0) is 127 Å². The molecule has 3 aromatic carbocycles. The largest absolute Gasteiger partial charge is 0.480 e. The van der Waals surface area contributed by atoms with Gasteiger partial charge in [0.1, 0.15) is 35.3 Å². The Kier molecular flexibility index (Phi) is 30.4. The summed E-state index contributed by atoms with van der Waals surface area (Å²) in [4.78, 5) is 106. The number of halogens is 22. The molecular weight excluding hydrogens is 1750 g/mol. The number of morpholine rings is 1. The molecule has 119 heavy (non-hydrogen) atoms. The first-order valence-electron chi connectivity index (χ1n) is 34.5. The third-order valence-electron chi connectivity index (χ3n) is 18.1. The summed E-state index contributed by atoms with van der Waals surface area (Å²) in [6.07, 6.45) is -21.4. The molecule has 43 heteroatoms. The molecule has 1 saturated heterocycles. The third kappa shape index (κ3) is 23.1. The Morgan fingerprint density at radius 3 is 1.41 bits per heavy atom. The van der Waals surface area contributed by atoms with Crippen molar-refractivity contribution in [2.45, 2.75) is 103 Å². The van der Waals surface area contributed by atoms with Crippen LogP contribution in [0, 0.1) is 49.8 Å². The van der Waals surface area contributed by atoms with E-state index in [1.165, 1.54) is 91.6 Å². The number of aryl methyl sites for hydroxylation is 6. The number of nitrogens with zero attached hydrogens (tertiary/aromatic N) is 7. The molecule has 11 rings (SSSR count). The molecule has 1 aliphatic heterocycles. The number of carbonyl (C=O) groups is 3. The summed E-state index contributed by atoms with van der Waals surface area (Å²) in [5, 5.41) is 21.7. The molecule has 1 aliphatic rings. The van der Waals surface area contributed by atoms with Gasteiger partial charge in [0.05, 0.1) is 75.3 Å². The lowest BCUT2D eigenvalue weighted by molar-refractivity contribution is -0.167. The summed E-state index contributed by atoms with van der Waals surface area (Å²) >= 11 is 1.63. The number of rotatable bonds is 11. The minimum absolute atomic E-state index is 0.0113. The molecule has 6 N–H and O–H groups in total. The van der Waals surface area contributed by atoms with Crippen molar-refractivity contribution >= 4 is 67.9 Å². The van der Waals surface area contributed by atoms with Crippen LogP contribution in [0.4, 0.5) is 97.9 Å². The van der Waals surface area contributed by atoms with Crippen LogP contribution in [-0.4, -0.2) is 112 Å². The number of carboxylic acid groups (broad SMARTS) is 2. The molecule has 642 valence electrons. The molecule has 10 aromatic rings. The number of aromatic nitrogens is 7. The first-order chi connectivity index (χ1) is 55.3. The zero-order valence-corrected chi connectivity index (χ0v) is 65.2. The molecule has 0 saturated carbocycles. The average Bonchev–Trinajstić information content (AvgIpc) is 0.763. The number of aromatic amines is 1. The summed E-state index contributed by atoms with van der Waals surface area (Å²) < 4.78 is 287. The van der Waals surface area contributed by atoms with Gasteiger partial charge < -0.3 is 54.2 Å². The van der Waals surface area contributed by atoms with E-state index in [0.29, 0.717) is 45.9 Å². The summed E-state index contributed by atoms with van der Waals surface area (Å²) in [5.41, 5.74) is -2.77. The standard InChI is InChI=1S/C32H26F8N4O5.C20H18F3N3O3.C8H7F3INO.C8H8F3NO.C7H6F3NO.CH3F/c1-15-20(31(35,36)37)13-43(2)29(46)25(15)19-6-5-16(18-4-3-7-41-27(18)19)10-23(30(47)48)42-28(45)26-21(33)11-17(12-22(26)34)44-8-9-49-14-24(44)32(38,39)40;1-10-14(20(21,22)23)9-26(2)18(27)16(10)13-6-5-11(8-15(24)19(28)29)12-4-3-7-25-17(12)13;1-4-5(8(9,10)11)3-13(2)7(14)6(4)12;1-5-3-7(13)12(2)4-6(5)8(9,10)11;1-4-2-6(12)11-3-5(4)7(8,9)10;1-2/h3-7,11-13,23-24H,8-10,14H2,1-2H3,(H,42,45)(H,47,48);3-7,9,15H,8,24H2,1-2H3,(H,28,29);3H,1-2H3;3-4H,1-2H3;2-3H,1H3,(H,11,12);1H3/t23-,24+;15-;;;;/m00..../s1/i;;;;;1D. The third-order valence-corrected chi connectivity index (χ3v) is 19.3. The van der Waals surface area contributed by atoms with E-state index in [-0.39, 0.29) is 89.7 Å².